The number of hydrogen-bond donors (Lipinski definition) is 2. The fourth-order valence-electron chi connectivity index (χ4n) is 5.16. The van der Waals surface area contributed by atoms with Crippen molar-refractivity contribution < 1.29 is 14.6 Å². The number of rotatable bonds is 8. The Balaban J connectivity index is 1.29. The maximum atomic E-state index is 11.3. The maximum absolute atomic E-state index is 11.3. The van der Waals surface area contributed by atoms with Crippen LogP contribution in [0.3, 0.4) is 0 Å². The molecule has 0 aliphatic carbocycles. The summed E-state index contributed by atoms with van der Waals surface area (Å²) in [6.07, 6.45) is 11.0. The first-order chi connectivity index (χ1) is 16.2. The third-order valence-electron chi connectivity index (χ3n) is 6.89. The van der Waals surface area contributed by atoms with Crippen LogP contribution in [0.5, 0.6) is 5.75 Å². The van der Waals surface area contributed by atoms with Gasteiger partial charge in [0.1, 0.15) is 5.75 Å². The topological polar surface area (TPSA) is 70.5 Å². The van der Waals surface area contributed by atoms with E-state index in [2.05, 4.69) is 38.8 Å². The Hall–Kier alpha value is -3.41. The van der Waals surface area contributed by atoms with E-state index in [1.54, 1.807) is 19.2 Å². The Morgan fingerprint density at radius 3 is 2.70 bits per heavy atom. The third kappa shape index (κ3) is 4.17. The van der Waals surface area contributed by atoms with Crippen LogP contribution in [0, 0.1) is 0 Å². The van der Waals surface area contributed by atoms with Crippen molar-refractivity contribution in [2.75, 3.05) is 25.1 Å². The van der Waals surface area contributed by atoms with Crippen LogP contribution in [0.15, 0.2) is 48.8 Å². The van der Waals surface area contributed by atoms with Gasteiger partial charge >= 0.3 is 5.97 Å². The molecule has 33 heavy (non-hydrogen) atoms. The highest BCUT2D eigenvalue weighted by Gasteiger charge is 2.19. The standard InChI is InChI=1S/C27H31N3O3/c1-33-25-11-10-24-21(26(25)30-14-4-2-5-15-30)12-16-29(24)13-6-3-7-20-18-28-23-9-8-19(27(31)32)17-22(20)23/h8-12,16-18,28H,2-7,13-15H2,1H3,(H,31,32). The molecule has 172 valence electrons. The van der Waals surface area contributed by atoms with Gasteiger partial charge in [-0.1, -0.05) is 0 Å². The molecule has 0 unspecified atom stereocenters. The molecule has 2 N–H and O–H groups in total. The number of carbonyl (C=O) groups is 1. The monoisotopic (exact) mass is 445 g/mol. The zero-order chi connectivity index (χ0) is 22.8. The van der Waals surface area contributed by atoms with E-state index >= 15 is 0 Å². The van der Waals surface area contributed by atoms with Crippen molar-refractivity contribution in [3.05, 3.63) is 59.9 Å². The van der Waals surface area contributed by atoms with Crippen LogP contribution in [0.1, 0.15) is 48.0 Å². The molecule has 2 aromatic carbocycles. The number of unbranched alkanes of at least 4 members (excludes halogenated alkanes) is 1. The Morgan fingerprint density at radius 1 is 1.06 bits per heavy atom. The minimum Gasteiger partial charge on any atom is -0.495 e. The summed E-state index contributed by atoms with van der Waals surface area (Å²) in [5, 5.41) is 11.6. The largest absolute Gasteiger partial charge is 0.495 e. The lowest BCUT2D eigenvalue weighted by atomic mass is 10.0. The number of carboxylic acids is 1. The van der Waals surface area contributed by atoms with Crippen LogP contribution in [0.2, 0.25) is 0 Å². The summed E-state index contributed by atoms with van der Waals surface area (Å²) in [6.45, 7) is 3.14. The summed E-state index contributed by atoms with van der Waals surface area (Å²) in [5.41, 5.74) is 5.01. The fourth-order valence-corrected chi connectivity index (χ4v) is 5.16. The smallest absolute Gasteiger partial charge is 0.335 e. The number of aromatic amines is 1. The van der Waals surface area contributed by atoms with E-state index in [9.17, 15) is 9.90 Å². The number of nitrogens with one attached hydrogen (secondary N) is 1. The molecule has 0 saturated carbocycles. The molecule has 0 radical (unpaired) electrons. The average molecular weight is 446 g/mol. The van der Waals surface area contributed by atoms with Gasteiger partial charge in [0.15, 0.2) is 0 Å². The Kier molecular flexibility index (Phi) is 5.99. The number of aromatic nitrogens is 2. The van der Waals surface area contributed by atoms with Crippen molar-refractivity contribution in [1.82, 2.24) is 9.55 Å². The van der Waals surface area contributed by atoms with Gasteiger partial charge in [0.05, 0.1) is 23.9 Å². The predicted molar refractivity (Wildman–Crippen MR) is 133 cm³/mol. The van der Waals surface area contributed by atoms with Crippen LogP contribution in [-0.2, 0) is 13.0 Å². The zero-order valence-electron chi connectivity index (χ0n) is 19.1. The summed E-state index contributed by atoms with van der Waals surface area (Å²) >= 11 is 0. The number of ether oxygens (including phenoxy) is 1. The number of anilines is 1. The summed E-state index contributed by atoms with van der Waals surface area (Å²) in [6, 6.07) is 11.8. The van der Waals surface area contributed by atoms with E-state index in [0.29, 0.717) is 5.56 Å². The highest BCUT2D eigenvalue weighted by atomic mass is 16.5. The highest BCUT2D eigenvalue weighted by molar-refractivity contribution is 5.96. The number of hydrogen-bond acceptors (Lipinski definition) is 3. The minimum atomic E-state index is -0.885. The first-order valence-electron chi connectivity index (χ1n) is 11.9. The molecular weight excluding hydrogens is 414 g/mol. The molecule has 0 amide bonds. The Labute approximate surface area is 193 Å². The molecule has 5 rings (SSSR count). The molecule has 6 nitrogen and oxygen atoms in total. The Bertz CT molecular complexity index is 1280. The fraction of sp³-hybridized carbons (Fsp3) is 0.370. The number of nitrogens with zero attached hydrogens (tertiary/aromatic N) is 2. The molecule has 3 heterocycles. The normalized spacial score (nSPS) is 14.3. The lowest BCUT2D eigenvalue weighted by molar-refractivity contribution is 0.0697. The van der Waals surface area contributed by atoms with Gasteiger partial charge in [-0.25, -0.2) is 4.79 Å². The first-order valence-corrected chi connectivity index (χ1v) is 11.9. The molecule has 1 saturated heterocycles. The molecule has 0 atom stereocenters. The molecule has 1 aliphatic rings. The predicted octanol–water partition coefficient (Wildman–Crippen LogP) is 5.84. The number of benzene rings is 2. The summed E-state index contributed by atoms with van der Waals surface area (Å²) in [5.74, 6) is 0.0753. The summed E-state index contributed by atoms with van der Waals surface area (Å²) in [7, 11) is 1.76. The van der Waals surface area contributed by atoms with Crippen LogP contribution in [0.4, 0.5) is 5.69 Å². The highest BCUT2D eigenvalue weighted by Crippen LogP contribution is 2.38. The van der Waals surface area contributed by atoms with E-state index in [-0.39, 0.29) is 0 Å². The number of piperidine rings is 1. The molecule has 1 aliphatic heterocycles. The van der Waals surface area contributed by atoms with Crippen molar-refractivity contribution in [1.29, 1.82) is 0 Å². The summed E-state index contributed by atoms with van der Waals surface area (Å²) < 4.78 is 8.07. The van der Waals surface area contributed by atoms with E-state index in [1.165, 1.54) is 41.4 Å². The van der Waals surface area contributed by atoms with Crippen LogP contribution >= 0.6 is 0 Å². The van der Waals surface area contributed by atoms with E-state index in [4.69, 9.17) is 4.74 Å². The van der Waals surface area contributed by atoms with Crippen LogP contribution in [-0.4, -0.2) is 40.8 Å². The summed E-state index contributed by atoms with van der Waals surface area (Å²) in [4.78, 5) is 17.1. The van der Waals surface area contributed by atoms with Crippen molar-refractivity contribution in [3.63, 3.8) is 0 Å². The minimum absolute atomic E-state index is 0.335. The lowest BCUT2D eigenvalue weighted by Crippen LogP contribution is -2.29. The molecule has 0 spiro atoms. The Morgan fingerprint density at radius 2 is 1.91 bits per heavy atom. The lowest BCUT2D eigenvalue weighted by Gasteiger charge is -2.30. The molecule has 0 bridgehead atoms. The number of aromatic carboxylic acids is 1. The second-order valence-electron chi connectivity index (χ2n) is 8.94. The number of carboxylic acid groups (broad SMARTS) is 1. The quantitative estimate of drug-likeness (QED) is 0.334. The molecule has 1 fully saturated rings. The van der Waals surface area contributed by atoms with Gasteiger partial charge in [-0.15, -0.1) is 0 Å². The third-order valence-corrected chi connectivity index (χ3v) is 6.89. The second-order valence-corrected chi connectivity index (χ2v) is 8.94. The number of H-pyrrole nitrogens is 1. The van der Waals surface area contributed by atoms with Gasteiger partial charge in [0.25, 0.3) is 0 Å². The first kappa shape index (κ1) is 21.4. The number of methoxy groups -OCH3 is 1. The maximum Gasteiger partial charge on any atom is 0.335 e. The molecular formula is C27H31N3O3. The zero-order valence-corrected chi connectivity index (χ0v) is 19.1. The second kappa shape index (κ2) is 9.22. The van der Waals surface area contributed by atoms with Crippen LogP contribution < -0.4 is 9.64 Å². The average Bonchev–Trinajstić information content (AvgIpc) is 3.45. The van der Waals surface area contributed by atoms with E-state index in [0.717, 1.165) is 55.5 Å². The van der Waals surface area contributed by atoms with E-state index in [1.807, 2.05) is 12.3 Å². The van der Waals surface area contributed by atoms with Gasteiger partial charge in [-0.3, -0.25) is 0 Å². The van der Waals surface area contributed by atoms with Crippen molar-refractivity contribution in [3.8, 4) is 5.75 Å². The van der Waals surface area contributed by atoms with Crippen molar-refractivity contribution in [2.24, 2.45) is 0 Å². The van der Waals surface area contributed by atoms with Crippen molar-refractivity contribution in [2.45, 2.75) is 45.1 Å². The molecule has 6 heteroatoms. The van der Waals surface area contributed by atoms with Gasteiger partial charge in [-0.2, -0.15) is 0 Å². The van der Waals surface area contributed by atoms with Crippen molar-refractivity contribution >= 4 is 33.5 Å². The number of fused-ring (bicyclic) bond motifs is 2. The van der Waals surface area contributed by atoms with E-state index < -0.39 is 5.97 Å². The van der Waals surface area contributed by atoms with Crippen LogP contribution in [0.25, 0.3) is 21.8 Å². The van der Waals surface area contributed by atoms with Gasteiger partial charge in [0.2, 0.25) is 0 Å². The molecule has 4 aromatic rings. The number of aryl methyl sites for hydroxylation is 2. The SMILES string of the molecule is COc1ccc2c(ccn2CCCCc2c[nH]c3ccc(C(=O)O)cc23)c1N1CCCCC1. The van der Waals surface area contributed by atoms with Gasteiger partial charge in [0, 0.05) is 48.3 Å². The van der Waals surface area contributed by atoms with Gasteiger partial charge < -0.3 is 24.3 Å². The molecule has 2 aromatic heterocycles. The van der Waals surface area contributed by atoms with Gasteiger partial charge in [-0.05, 0) is 80.5 Å².